The van der Waals surface area contributed by atoms with Crippen molar-refractivity contribution in [1.82, 2.24) is 15.5 Å². The van der Waals surface area contributed by atoms with Crippen LogP contribution in [0.25, 0.3) is 0 Å². The molecule has 1 aromatic rings. The predicted octanol–water partition coefficient (Wildman–Crippen LogP) is 1.30. The number of rotatable bonds is 15. The first-order valence-corrected chi connectivity index (χ1v) is 11.4. The van der Waals surface area contributed by atoms with Crippen molar-refractivity contribution in [3.8, 4) is 0 Å². The smallest absolute Gasteiger partial charge is 0.326 e. The lowest BCUT2D eigenvalue weighted by atomic mass is 10.1. The lowest BCUT2D eigenvalue weighted by Gasteiger charge is -2.26. The minimum atomic E-state index is -1.68. The maximum atomic E-state index is 12.9. The Kier molecular flexibility index (Phi) is 12.5. The number of aliphatic carboxylic acids is 3. The number of nitrogens with zero attached hydrogens (tertiary/aromatic N) is 1. The van der Waals surface area contributed by atoms with Crippen LogP contribution in [0.5, 0.6) is 0 Å². The van der Waals surface area contributed by atoms with Crippen LogP contribution in [-0.4, -0.2) is 87.8 Å². The van der Waals surface area contributed by atoms with Gasteiger partial charge in [-0.05, 0) is 56.9 Å². The van der Waals surface area contributed by atoms with Crippen LogP contribution in [0.1, 0.15) is 49.4 Å². The lowest BCUT2D eigenvalue weighted by Crippen LogP contribution is -2.52. The monoisotopic (exact) mass is 526 g/mol. The Balaban J connectivity index is 2.52. The number of carboxylic acid groups (broad SMARTS) is 3. The summed E-state index contributed by atoms with van der Waals surface area (Å²) in [5.41, 5.74) is 0.623. The van der Waals surface area contributed by atoms with E-state index in [-0.39, 0.29) is 19.4 Å². The minimum absolute atomic E-state index is 0.0172. The molecule has 1 rings (SSSR count). The van der Waals surface area contributed by atoms with Crippen LogP contribution in [0.3, 0.4) is 0 Å². The number of amides is 4. The average Bonchev–Trinajstić information content (AvgIpc) is 2.82. The van der Waals surface area contributed by atoms with E-state index in [4.69, 9.17) is 10.2 Å². The van der Waals surface area contributed by atoms with Crippen molar-refractivity contribution in [1.29, 1.82) is 0 Å². The second kappa shape index (κ2) is 15.0. The molecule has 14 heteroatoms. The number of nitrogens with one attached hydrogen (secondary N) is 3. The number of carboxylic acids is 3. The molecule has 6 N–H and O–H groups in total. The molecule has 1 aromatic carbocycles. The Bertz CT molecular complexity index is 985. The number of benzene rings is 1. The molecule has 0 aliphatic rings. The molecule has 1 unspecified atom stereocenters. The zero-order chi connectivity index (χ0) is 28.1. The summed E-state index contributed by atoms with van der Waals surface area (Å²) in [6.07, 6.45) is -1.83. The van der Waals surface area contributed by atoms with Gasteiger partial charge in [0.05, 0.1) is 0 Å². The first-order chi connectivity index (χ1) is 17.3. The number of hydrogen-bond acceptors (Lipinski definition) is 6. The van der Waals surface area contributed by atoms with Gasteiger partial charge in [-0.15, -0.1) is 0 Å². The normalized spacial score (nSPS) is 12.9. The largest absolute Gasteiger partial charge is 0.481 e. The summed E-state index contributed by atoms with van der Waals surface area (Å²) in [6, 6.07) is 2.05. The van der Waals surface area contributed by atoms with Gasteiger partial charge in [0.15, 0.2) is 6.17 Å². The fourth-order valence-electron chi connectivity index (χ4n) is 3.11. The number of hydrogen-bond donors (Lipinski definition) is 6. The van der Waals surface area contributed by atoms with Gasteiger partial charge < -0.3 is 36.2 Å². The summed E-state index contributed by atoms with van der Waals surface area (Å²) >= 11 is 0. The number of carbonyl (C=O) groups excluding carboxylic acids is 3. The molecular formula is C23H31FN4O9. The van der Waals surface area contributed by atoms with E-state index in [2.05, 4.69) is 16.0 Å². The quantitative estimate of drug-likeness (QED) is 0.182. The summed E-state index contributed by atoms with van der Waals surface area (Å²) < 4.78 is 12.9. The zero-order valence-electron chi connectivity index (χ0n) is 20.4. The topological polar surface area (TPSA) is 202 Å². The SMILES string of the molecule is CC(F)C(=O)Nc1ccc(C(=O)NCCCC[C@@H](C(=O)O)N(C)C(=O)N[C@@H](CCC(=O)O)C(=O)O)cc1. The Morgan fingerprint density at radius 3 is 2.08 bits per heavy atom. The molecule has 3 atom stereocenters. The van der Waals surface area contributed by atoms with Crippen molar-refractivity contribution in [2.24, 2.45) is 0 Å². The summed E-state index contributed by atoms with van der Waals surface area (Å²) in [6.45, 7) is 1.30. The first kappa shape index (κ1) is 30.8. The average molecular weight is 527 g/mol. The van der Waals surface area contributed by atoms with Crippen molar-refractivity contribution in [2.75, 3.05) is 18.9 Å². The molecule has 13 nitrogen and oxygen atoms in total. The van der Waals surface area contributed by atoms with Crippen LogP contribution >= 0.6 is 0 Å². The van der Waals surface area contributed by atoms with Crippen LogP contribution in [0.2, 0.25) is 0 Å². The molecule has 0 bridgehead atoms. The van der Waals surface area contributed by atoms with Crippen molar-refractivity contribution >= 4 is 41.4 Å². The Morgan fingerprint density at radius 1 is 0.946 bits per heavy atom. The highest BCUT2D eigenvalue weighted by molar-refractivity contribution is 5.96. The number of anilines is 1. The Hall–Kier alpha value is -4.23. The number of unbranched alkanes of at least 4 members (excludes halogenated alkanes) is 1. The molecule has 0 spiro atoms. The van der Waals surface area contributed by atoms with Gasteiger partial charge >= 0.3 is 23.9 Å². The molecule has 0 radical (unpaired) electrons. The summed E-state index contributed by atoms with van der Waals surface area (Å²) in [5, 5.41) is 34.5. The van der Waals surface area contributed by atoms with E-state index in [1.165, 1.54) is 31.3 Å². The van der Waals surface area contributed by atoms with E-state index in [0.29, 0.717) is 24.1 Å². The Morgan fingerprint density at radius 2 is 1.57 bits per heavy atom. The molecule has 0 fully saturated rings. The fraction of sp³-hybridized carbons (Fsp3) is 0.478. The molecule has 204 valence electrons. The van der Waals surface area contributed by atoms with E-state index in [1.807, 2.05) is 0 Å². The second-order valence-electron chi connectivity index (χ2n) is 8.17. The lowest BCUT2D eigenvalue weighted by molar-refractivity contribution is -0.142. The molecule has 0 aromatic heterocycles. The number of urea groups is 1. The highest BCUT2D eigenvalue weighted by Gasteiger charge is 2.29. The summed E-state index contributed by atoms with van der Waals surface area (Å²) in [5.74, 6) is -5.21. The molecule has 37 heavy (non-hydrogen) atoms. The molecule has 4 amide bonds. The third-order valence-electron chi connectivity index (χ3n) is 5.28. The van der Waals surface area contributed by atoms with Crippen molar-refractivity contribution in [3.63, 3.8) is 0 Å². The standard InChI is InChI=1S/C23H31FN4O9/c1-13(24)19(31)26-15-8-6-14(7-9-15)20(32)25-12-4-3-5-17(22(35)36)28(2)23(37)27-16(21(33)34)10-11-18(29)30/h6-9,13,16-17H,3-5,10-12H2,1-2H3,(H,25,32)(H,26,31)(H,27,37)(H,29,30)(H,33,34)(H,35,36)/t13?,16-,17-/m0/s1. The van der Waals surface area contributed by atoms with E-state index in [1.54, 1.807) is 0 Å². The molecular weight excluding hydrogens is 495 g/mol. The van der Waals surface area contributed by atoms with E-state index >= 15 is 0 Å². The second-order valence-corrected chi connectivity index (χ2v) is 8.17. The molecule has 0 saturated carbocycles. The van der Waals surface area contributed by atoms with Gasteiger partial charge in [-0.3, -0.25) is 14.4 Å². The highest BCUT2D eigenvalue weighted by atomic mass is 19.1. The van der Waals surface area contributed by atoms with E-state index in [9.17, 15) is 38.3 Å². The minimum Gasteiger partial charge on any atom is -0.481 e. The van der Waals surface area contributed by atoms with Crippen LogP contribution < -0.4 is 16.0 Å². The van der Waals surface area contributed by atoms with Gasteiger partial charge in [0.25, 0.3) is 11.8 Å². The molecule has 0 heterocycles. The maximum absolute atomic E-state index is 12.9. The van der Waals surface area contributed by atoms with Gasteiger partial charge in [-0.1, -0.05) is 0 Å². The van der Waals surface area contributed by atoms with Crippen molar-refractivity contribution in [2.45, 2.75) is 57.3 Å². The number of likely N-dealkylation sites (N-methyl/N-ethyl adjacent to an activating group) is 1. The van der Waals surface area contributed by atoms with Crippen LogP contribution in [-0.2, 0) is 19.2 Å². The van der Waals surface area contributed by atoms with E-state index < -0.39 is 60.4 Å². The summed E-state index contributed by atoms with van der Waals surface area (Å²) in [4.78, 5) is 70.3. The first-order valence-electron chi connectivity index (χ1n) is 11.4. The van der Waals surface area contributed by atoms with E-state index in [0.717, 1.165) is 11.8 Å². The fourth-order valence-corrected chi connectivity index (χ4v) is 3.11. The van der Waals surface area contributed by atoms with Crippen molar-refractivity contribution < 1.29 is 48.5 Å². The third-order valence-corrected chi connectivity index (χ3v) is 5.28. The highest BCUT2D eigenvalue weighted by Crippen LogP contribution is 2.12. The van der Waals surface area contributed by atoms with Crippen molar-refractivity contribution in [3.05, 3.63) is 29.8 Å². The zero-order valence-corrected chi connectivity index (χ0v) is 20.4. The molecule has 0 aliphatic carbocycles. The predicted molar refractivity (Wildman–Crippen MR) is 128 cm³/mol. The summed E-state index contributed by atoms with van der Waals surface area (Å²) in [7, 11) is 1.19. The van der Waals surface area contributed by atoms with Crippen LogP contribution in [0.15, 0.2) is 24.3 Å². The Labute approximate surface area is 212 Å². The number of carbonyl (C=O) groups is 6. The van der Waals surface area contributed by atoms with Gasteiger partial charge in [-0.2, -0.15) is 0 Å². The maximum Gasteiger partial charge on any atom is 0.326 e. The molecule has 0 aliphatic heterocycles. The number of alkyl halides is 1. The van der Waals surface area contributed by atoms with Gasteiger partial charge in [0.2, 0.25) is 0 Å². The van der Waals surface area contributed by atoms with Gasteiger partial charge in [0.1, 0.15) is 12.1 Å². The van der Waals surface area contributed by atoms with Crippen LogP contribution in [0, 0.1) is 0 Å². The molecule has 0 saturated heterocycles. The number of halogens is 1. The third kappa shape index (κ3) is 10.9. The van der Waals surface area contributed by atoms with Gasteiger partial charge in [-0.25, -0.2) is 18.8 Å². The van der Waals surface area contributed by atoms with Gasteiger partial charge in [0, 0.05) is 31.3 Å². The van der Waals surface area contributed by atoms with Crippen LogP contribution in [0.4, 0.5) is 14.9 Å².